The van der Waals surface area contributed by atoms with Crippen LogP contribution in [0.15, 0.2) is 73.6 Å². The molecule has 2 N–H and O–H groups in total. The minimum Gasteiger partial charge on any atom is -0.352 e. The molecule has 0 bridgehead atoms. The van der Waals surface area contributed by atoms with Gasteiger partial charge in [-0.25, -0.2) is 19.3 Å². The number of nitrogens with one attached hydrogen (secondary N) is 2. The monoisotopic (exact) mass is 407 g/mol. The third-order valence-electron chi connectivity index (χ3n) is 5.22. The van der Waals surface area contributed by atoms with E-state index < -0.39 is 0 Å². The number of aromatic amines is 2. The molecule has 6 rings (SSSR count). The summed E-state index contributed by atoms with van der Waals surface area (Å²) in [5.74, 6) is -0.271. The summed E-state index contributed by atoms with van der Waals surface area (Å²) in [6, 6.07) is 12.3. The number of H-pyrrole nitrogens is 2. The quantitative estimate of drug-likeness (QED) is 0.441. The molecule has 0 fully saturated rings. The van der Waals surface area contributed by atoms with Gasteiger partial charge in [0.1, 0.15) is 23.4 Å². The highest BCUT2D eigenvalue weighted by atomic mass is 19.1. The van der Waals surface area contributed by atoms with Crippen LogP contribution >= 0.6 is 0 Å². The number of aromatic nitrogens is 7. The van der Waals surface area contributed by atoms with Crippen molar-refractivity contribution >= 4 is 21.9 Å². The van der Waals surface area contributed by atoms with Crippen LogP contribution in [-0.4, -0.2) is 35.1 Å². The zero-order chi connectivity index (χ0) is 20.8. The van der Waals surface area contributed by atoms with Gasteiger partial charge in [0, 0.05) is 35.1 Å². The lowest BCUT2D eigenvalue weighted by atomic mass is 10.0. The zero-order valence-corrected chi connectivity index (χ0v) is 16.0. The van der Waals surface area contributed by atoms with Crippen LogP contribution in [0.3, 0.4) is 0 Å². The predicted octanol–water partition coefficient (Wildman–Crippen LogP) is 4.76. The molecule has 5 aromatic heterocycles. The van der Waals surface area contributed by atoms with E-state index in [2.05, 4.69) is 30.1 Å². The molecule has 0 spiro atoms. The molecular weight excluding hydrogens is 393 g/mol. The molecule has 1 aromatic carbocycles. The highest BCUT2D eigenvalue weighted by Gasteiger charge is 2.15. The number of halogens is 1. The van der Waals surface area contributed by atoms with E-state index in [0.29, 0.717) is 5.69 Å². The molecule has 0 aliphatic rings. The van der Waals surface area contributed by atoms with E-state index in [1.807, 2.05) is 18.2 Å². The number of nitrogens with zero attached hydrogens (tertiary/aromatic N) is 5. The first-order valence-electron chi connectivity index (χ1n) is 9.60. The van der Waals surface area contributed by atoms with Gasteiger partial charge in [-0.15, -0.1) is 0 Å². The van der Waals surface area contributed by atoms with E-state index in [0.717, 1.165) is 50.0 Å². The summed E-state index contributed by atoms with van der Waals surface area (Å²) >= 11 is 0. The summed E-state index contributed by atoms with van der Waals surface area (Å²) < 4.78 is 13.4. The summed E-state index contributed by atoms with van der Waals surface area (Å²) in [5, 5.41) is 8.50. The molecule has 0 saturated carbocycles. The van der Waals surface area contributed by atoms with Crippen molar-refractivity contribution in [2.24, 2.45) is 0 Å². The average Bonchev–Trinajstić information content (AvgIpc) is 3.43. The van der Waals surface area contributed by atoms with Gasteiger partial charge in [-0.2, -0.15) is 5.10 Å². The Bertz CT molecular complexity index is 1540. The van der Waals surface area contributed by atoms with Crippen molar-refractivity contribution in [1.82, 2.24) is 35.1 Å². The van der Waals surface area contributed by atoms with Crippen LogP contribution in [-0.2, 0) is 0 Å². The number of pyridine rings is 2. The van der Waals surface area contributed by atoms with E-state index in [9.17, 15) is 4.39 Å². The zero-order valence-electron chi connectivity index (χ0n) is 16.0. The molecular formula is C23H14FN7. The van der Waals surface area contributed by atoms with E-state index in [-0.39, 0.29) is 5.82 Å². The smallest absolute Gasteiger partial charge is 0.135 e. The van der Waals surface area contributed by atoms with Crippen molar-refractivity contribution in [3.05, 3.63) is 79.4 Å². The van der Waals surface area contributed by atoms with Crippen LogP contribution in [0.25, 0.3) is 55.7 Å². The Balaban J connectivity index is 1.51. The van der Waals surface area contributed by atoms with Gasteiger partial charge in [0.15, 0.2) is 0 Å². The van der Waals surface area contributed by atoms with Gasteiger partial charge in [0.05, 0.1) is 28.6 Å². The number of rotatable bonds is 3. The second kappa shape index (κ2) is 6.81. The van der Waals surface area contributed by atoms with E-state index in [4.69, 9.17) is 4.98 Å². The van der Waals surface area contributed by atoms with Crippen molar-refractivity contribution in [2.45, 2.75) is 0 Å². The van der Waals surface area contributed by atoms with Gasteiger partial charge >= 0.3 is 0 Å². The van der Waals surface area contributed by atoms with Gasteiger partial charge in [0.25, 0.3) is 0 Å². The molecule has 5 heterocycles. The van der Waals surface area contributed by atoms with Crippen molar-refractivity contribution in [2.75, 3.05) is 0 Å². The van der Waals surface area contributed by atoms with Gasteiger partial charge in [0.2, 0.25) is 0 Å². The van der Waals surface area contributed by atoms with Crippen molar-refractivity contribution < 1.29 is 4.39 Å². The lowest BCUT2D eigenvalue weighted by molar-refractivity contribution is 0.628. The van der Waals surface area contributed by atoms with Crippen molar-refractivity contribution in [1.29, 1.82) is 0 Å². The fourth-order valence-corrected chi connectivity index (χ4v) is 3.72. The minimum absolute atomic E-state index is 0.271. The molecule has 7 nitrogen and oxygen atoms in total. The fraction of sp³-hybridized carbons (Fsp3) is 0. The topological polar surface area (TPSA) is 96.0 Å². The second-order valence-electron chi connectivity index (χ2n) is 7.13. The molecule has 8 heteroatoms. The third-order valence-corrected chi connectivity index (χ3v) is 5.22. The van der Waals surface area contributed by atoms with Crippen LogP contribution in [0.4, 0.5) is 4.39 Å². The summed E-state index contributed by atoms with van der Waals surface area (Å²) in [5.41, 5.74) is 7.34. The third kappa shape index (κ3) is 2.93. The molecule has 0 aliphatic carbocycles. The largest absolute Gasteiger partial charge is 0.352 e. The van der Waals surface area contributed by atoms with Crippen LogP contribution in [0.2, 0.25) is 0 Å². The van der Waals surface area contributed by atoms with Crippen molar-refractivity contribution in [3.8, 4) is 33.8 Å². The summed E-state index contributed by atoms with van der Waals surface area (Å²) in [4.78, 5) is 20.7. The molecule has 6 aromatic rings. The SMILES string of the molecule is Fc1ccc(-c2cncc3[nH]c(-c4n[nH]c5ccc(-c6cncnc6)nc45)cc23)cc1. The summed E-state index contributed by atoms with van der Waals surface area (Å²) in [6.07, 6.45) is 8.49. The van der Waals surface area contributed by atoms with Crippen molar-refractivity contribution in [3.63, 3.8) is 0 Å². The first-order valence-corrected chi connectivity index (χ1v) is 9.60. The Hall–Kier alpha value is -4.46. The summed E-state index contributed by atoms with van der Waals surface area (Å²) in [6.45, 7) is 0. The van der Waals surface area contributed by atoms with Gasteiger partial charge in [-0.3, -0.25) is 10.1 Å². The van der Waals surface area contributed by atoms with E-state index >= 15 is 0 Å². The fourth-order valence-electron chi connectivity index (χ4n) is 3.72. The number of hydrogen-bond acceptors (Lipinski definition) is 5. The molecule has 148 valence electrons. The van der Waals surface area contributed by atoms with Crippen LogP contribution in [0.5, 0.6) is 0 Å². The molecule has 0 atom stereocenters. The van der Waals surface area contributed by atoms with E-state index in [1.165, 1.54) is 18.5 Å². The predicted molar refractivity (Wildman–Crippen MR) is 115 cm³/mol. The second-order valence-corrected chi connectivity index (χ2v) is 7.13. The normalized spacial score (nSPS) is 11.4. The van der Waals surface area contributed by atoms with Gasteiger partial charge in [-0.1, -0.05) is 12.1 Å². The Labute approximate surface area is 175 Å². The number of hydrogen-bond donors (Lipinski definition) is 2. The minimum atomic E-state index is -0.271. The number of benzene rings is 1. The number of fused-ring (bicyclic) bond motifs is 2. The Kier molecular flexibility index (Phi) is 3.82. The highest BCUT2D eigenvalue weighted by molar-refractivity contribution is 5.99. The lowest BCUT2D eigenvalue weighted by Crippen LogP contribution is -1.87. The Morgan fingerprint density at radius 1 is 0.774 bits per heavy atom. The standard InChI is InChI=1S/C23H14FN7/c24-15-3-1-13(2-4-15)17-10-25-11-21-16(17)7-20(28-21)23-22-19(30-31-23)6-5-18(29-22)14-8-26-12-27-9-14/h1-12,28H,(H,30,31). The average molecular weight is 407 g/mol. The molecule has 0 unspecified atom stereocenters. The van der Waals surface area contributed by atoms with E-state index in [1.54, 1.807) is 36.9 Å². The van der Waals surface area contributed by atoms with Crippen LogP contribution < -0.4 is 0 Å². The molecule has 0 aliphatic heterocycles. The maximum atomic E-state index is 13.4. The Morgan fingerprint density at radius 3 is 2.45 bits per heavy atom. The van der Waals surface area contributed by atoms with Crippen LogP contribution in [0, 0.1) is 5.82 Å². The molecule has 0 saturated heterocycles. The maximum Gasteiger partial charge on any atom is 0.135 e. The highest BCUT2D eigenvalue weighted by Crippen LogP contribution is 2.33. The Morgan fingerprint density at radius 2 is 1.61 bits per heavy atom. The molecule has 31 heavy (non-hydrogen) atoms. The first-order chi connectivity index (χ1) is 15.3. The molecule has 0 amide bonds. The maximum absolute atomic E-state index is 13.4. The summed E-state index contributed by atoms with van der Waals surface area (Å²) in [7, 11) is 0. The first kappa shape index (κ1) is 17.4. The lowest BCUT2D eigenvalue weighted by Gasteiger charge is -2.02. The van der Waals surface area contributed by atoms with Gasteiger partial charge < -0.3 is 4.98 Å². The van der Waals surface area contributed by atoms with Gasteiger partial charge in [-0.05, 0) is 35.9 Å². The van der Waals surface area contributed by atoms with Crippen LogP contribution in [0.1, 0.15) is 0 Å². The molecule has 0 radical (unpaired) electrons.